The molecule has 5 rings (SSSR count). The van der Waals surface area contributed by atoms with Crippen LogP contribution in [-0.2, 0) is 6.54 Å². The summed E-state index contributed by atoms with van der Waals surface area (Å²) in [5, 5.41) is 31.5. The van der Waals surface area contributed by atoms with Crippen LogP contribution in [0.1, 0.15) is 6.42 Å². The number of fused-ring (bicyclic) bond motifs is 4. The maximum absolute atomic E-state index is 11.7. The number of nitrogens with zero attached hydrogens (tertiary/aromatic N) is 6. The van der Waals surface area contributed by atoms with Gasteiger partial charge in [0.05, 0.1) is 21.6 Å². The van der Waals surface area contributed by atoms with Gasteiger partial charge in [-0.05, 0) is 34.9 Å². The molecule has 0 bridgehead atoms. The molecule has 0 spiro atoms. The van der Waals surface area contributed by atoms with Crippen molar-refractivity contribution in [3.05, 3.63) is 40.4 Å². The fraction of sp³-hybridized carbons (Fsp3) is 0.278. The number of aliphatic hydroxyl groups excluding tert-OH is 1. The Kier molecular flexibility index (Phi) is 4.02. The van der Waals surface area contributed by atoms with Gasteiger partial charge < -0.3 is 19.9 Å². The molecule has 0 atom stereocenters. The van der Waals surface area contributed by atoms with E-state index in [1.54, 1.807) is 6.07 Å². The maximum Gasteiger partial charge on any atom is 0.323 e. The number of nitrogens with one attached hydrogen (secondary N) is 1. The minimum Gasteiger partial charge on any atom is -0.396 e. The molecule has 29 heavy (non-hydrogen) atoms. The number of aromatic nitrogens is 4. The number of nitro groups is 1. The second-order valence-electron chi connectivity index (χ2n) is 6.72. The number of para-hydroxylation sites is 2. The first kappa shape index (κ1) is 17.4. The van der Waals surface area contributed by atoms with Crippen LogP contribution >= 0.6 is 0 Å². The maximum atomic E-state index is 11.7. The summed E-state index contributed by atoms with van der Waals surface area (Å²) < 4.78 is 6.96. The number of hydrogen-bond donors (Lipinski definition) is 2. The van der Waals surface area contributed by atoms with Gasteiger partial charge in [-0.2, -0.15) is 0 Å². The molecule has 11 heteroatoms. The molecule has 148 valence electrons. The third-order valence-corrected chi connectivity index (χ3v) is 5.04. The molecule has 1 aliphatic rings. The molecule has 0 radical (unpaired) electrons. The first-order chi connectivity index (χ1) is 14.2. The Morgan fingerprint density at radius 3 is 2.90 bits per heavy atom. The number of aliphatic hydroxyl groups is 1. The van der Waals surface area contributed by atoms with Crippen LogP contribution in [0.3, 0.4) is 0 Å². The van der Waals surface area contributed by atoms with E-state index in [2.05, 4.69) is 20.2 Å². The van der Waals surface area contributed by atoms with Crippen LogP contribution in [0.25, 0.3) is 22.1 Å². The van der Waals surface area contributed by atoms with Gasteiger partial charge in [0.15, 0.2) is 5.52 Å². The Morgan fingerprint density at radius 2 is 2.07 bits per heavy atom. The number of anilines is 3. The molecule has 0 aliphatic carbocycles. The first-order valence-electron chi connectivity index (χ1n) is 9.20. The lowest BCUT2D eigenvalue weighted by atomic mass is 10.1. The van der Waals surface area contributed by atoms with Crippen molar-refractivity contribution >= 4 is 45.1 Å². The Balaban J connectivity index is 1.67. The second kappa shape index (κ2) is 6.71. The Labute approximate surface area is 163 Å². The zero-order valence-electron chi connectivity index (χ0n) is 15.3. The Bertz CT molecular complexity index is 1230. The summed E-state index contributed by atoms with van der Waals surface area (Å²) >= 11 is 0. The molecular weight excluding hydrogens is 378 g/mol. The quantitative estimate of drug-likeness (QED) is 0.286. The second-order valence-corrected chi connectivity index (χ2v) is 6.72. The summed E-state index contributed by atoms with van der Waals surface area (Å²) in [6, 6.07) is 9.54. The molecule has 0 amide bonds. The largest absolute Gasteiger partial charge is 0.396 e. The van der Waals surface area contributed by atoms with Gasteiger partial charge in [-0.15, -0.1) is 0 Å². The molecule has 0 unspecified atom stereocenters. The van der Waals surface area contributed by atoms with E-state index in [4.69, 9.17) is 14.7 Å². The van der Waals surface area contributed by atoms with E-state index < -0.39 is 4.92 Å². The minimum absolute atomic E-state index is 0.0163. The molecule has 2 N–H and O–H groups in total. The Hall–Kier alpha value is -3.73. The average Bonchev–Trinajstić information content (AvgIpc) is 3.42. The van der Waals surface area contributed by atoms with E-state index in [9.17, 15) is 10.1 Å². The zero-order chi connectivity index (χ0) is 20.0. The molecule has 0 fully saturated rings. The van der Waals surface area contributed by atoms with Gasteiger partial charge in [0, 0.05) is 26.2 Å². The highest BCUT2D eigenvalue weighted by molar-refractivity contribution is 6.01. The van der Waals surface area contributed by atoms with Crippen LogP contribution in [0.5, 0.6) is 0 Å². The van der Waals surface area contributed by atoms with E-state index in [-0.39, 0.29) is 17.8 Å². The lowest BCUT2D eigenvalue weighted by Gasteiger charge is -2.17. The molecule has 2 aromatic carbocycles. The molecule has 3 heterocycles. The number of hydrogen-bond acceptors (Lipinski definition) is 9. The number of imidazole rings is 1. The van der Waals surface area contributed by atoms with Gasteiger partial charge in [0.2, 0.25) is 11.5 Å². The summed E-state index contributed by atoms with van der Waals surface area (Å²) in [5.41, 5.74) is 3.03. The normalized spacial score (nSPS) is 13.3. The first-order valence-corrected chi connectivity index (χ1v) is 9.20. The van der Waals surface area contributed by atoms with Gasteiger partial charge in [-0.3, -0.25) is 10.1 Å². The minimum atomic E-state index is -0.503. The summed E-state index contributed by atoms with van der Waals surface area (Å²) in [7, 11) is 0. The summed E-state index contributed by atoms with van der Waals surface area (Å²) in [6.45, 7) is 1.74. The highest BCUT2D eigenvalue weighted by Crippen LogP contribution is 2.42. The van der Waals surface area contributed by atoms with Crippen molar-refractivity contribution in [2.45, 2.75) is 13.0 Å². The number of nitro benzene ring substituents is 1. The van der Waals surface area contributed by atoms with Crippen LogP contribution in [0.4, 0.5) is 23.0 Å². The van der Waals surface area contributed by atoms with Gasteiger partial charge in [-0.25, -0.2) is 9.61 Å². The number of rotatable bonds is 6. The van der Waals surface area contributed by atoms with E-state index in [1.807, 2.05) is 29.2 Å². The van der Waals surface area contributed by atoms with Crippen molar-refractivity contribution in [1.29, 1.82) is 0 Å². The smallest absolute Gasteiger partial charge is 0.323 e. The van der Waals surface area contributed by atoms with Crippen molar-refractivity contribution in [3.8, 4) is 0 Å². The van der Waals surface area contributed by atoms with E-state index in [0.717, 1.165) is 23.5 Å². The standard InChI is InChI=1S/C18H17N7O4/c26-9-3-6-19-12-10-14(15-16(22-29-21-15)17(12)25(27)28)24-8-7-23-13-5-2-1-4-11(13)20-18(23)24/h1-2,4-5,10,19,26H,3,6-9H2. The van der Waals surface area contributed by atoms with Crippen LogP contribution in [0.2, 0.25) is 0 Å². The SMILES string of the molecule is O=[N+]([O-])c1c(NCCCO)cc(N2CCn3c2nc2ccccc23)c2nonc12. The fourth-order valence-corrected chi connectivity index (χ4v) is 3.76. The van der Waals surface area contributed by atoms with E-state index in [1.165, 1.54) is 0 Å². The highest BCUT2D eigenvalue weighted by Gasteiger charge is 2.32. The van der Waals surface area contributed by atoms with Crippen LogP contribution < -0.4 is 10.2 Å². The lowest BCUT2D eigenvalue weighted by Crippen LogP contribution is -2.16. The monoisotopic (exact) mass is 395 g/mol. The molecule has 4 aromatic rings. The lowest BCUT2D eigenvalue weighted by molar-refractivity contribution is -0.382. The molecule has 0 saturated heterocycles. The predicted octanol–water partition coefficient (Wildman–Crippen LogP) is 2.43. The molecule has 0 saturated carbocycles. The molecular formula is C18H17N7O4. The Morgan fingerprint density at radius 1 is 1.24 bits per heavy atom. The average molecular weight is 395 g/mol. The summed E-state index contributed by atoms with van der Waals surface area (Å²) in [4.78, 5) is 17.9. The third kappa shape index (κ3) is 2.66. The number of benzene rings is 2. The predicted molar refractivity (Wildman–Crippen MR) is 105 cm³/mol. The van der Waals surface area contributed by atoms with Crippen LogP contribution in [0, 0.1) is 10.1 Å². The van der Waals surface area contributed by atoms with Crippen LogP contribution in [-0.4, -0.2) is 49.6 Å². The topological polar surface area (TPSA) is 135 Å². The molecule has 2 aromatic heterocycles. The van der Waals surface area contributed by atoms with Crippen molar-refractivity contribution in [2.75, 3.05) is 29.9 Å². The third-order valence-electron chi connectivity index (χ3n) is 5.04. The van der Waals surface area contributed by atoms with Gasteiger partial charge >= 0.3 is 5.69 Å². The molecule has 11 nitrogen and oxygen atoms in total. The summed E-state index contributed by atoms with van der Waals surface area (Å²) in [6.07, 6.45) is 0.459. The van der Waals surface area contributed by atoms with Gasteiger partial charge in [-0.1, -0.05) is 12.1 Å². The van der Waals surface area contributed by atoms with Crippen molar-refractivity contribution < 1.29 is 14.7 Å². The van der Waals surface area contributed by atoms with E-state index in [0.29, 0.717) is 36.4 Å². The molecule has 1 aliphatic heterocycles. The van der Waals surface area contributed by atoms with E-state index >= 15 is 0 Å². The van der Waals surface area contributed by atoms with Crippen molar-refractivity contribution in [3.63, 3.8) is 0 Å². The van der Waals surface area contributed by atoms with Crippen molar-refractivity contribution in [1.82, 2.24) is 19.9 Å². The highest BCUT2D eigenvalue weighted by atomic mass is 16.6. The van der Waals surface area contributed by atoms with Gasteiger partial charge in [0.25, 0.3) is 0 Å². The fourth-order valence-electron chi connectivity index (χ4n) is 3.76. The van der Waals surface area contributed by atoms with Gasteiger partial charge in [0.1, 0.15) is 5.69 Å². The van der Waals surface area contributed by atoms with Crippen molar-refractivity contribution in [2.24, 2.45) is 0 Å². The zero-order valence-corrected chi connectivity index (χ0v) is 15.3. The van der Waals surface area contributed by atoms with Crippen LogP contribution in [0.15, 0.2) is 35.0 Å². The summed E-state index contributed by atoms with van der Waals surface area (Å²) in [5.74, 6) is 0.741.